The highest BCUT2D eigenvalue weighted by atomic mass is 16.5. The van der Waals surface area contributed by atoms with E-state index in [0.29, 0.717) is 11.8 Å². The van der Waals surface area contributed by atoms with Crippen molar-refractivity contribution in [2.75, 3.05) is 7.11 Å². The van der Waals surface area contributed by atoms with Gasteiger partial charge < -0.3 is 20.4 Å². The number of imidazole rings is 1. The molecule has 1 aromatic heterocycles. The highest BCUT2D eigenvalue weighted by Crippen LogP contribution is 2.30. The molecule has 0 radical (unpaired) electrons. The van der Waals surface area contributed by atoms with Crippen LogP contribution in [0.1, 0.15) is 75.9 Å². The third kappa shape index (κ3) is 5.72. The van der Waals surface area contributed by atoms with Crippen LogP contribution in [0.25, 0.3) is 17.7 Å². The Hall–Kier alpha value is -3.34. The number of hydrogen-bond acceptors (Lipinski definition) is 4. The van der Waals surface area contributed by atoms with E-state index in [0.717, 1.165) is 47.1 Å². The van der Waals surface area contributed by atoms with Crippen LogP contribution < -0.4 is 16.0 Å². The molecule has 4 unspecified atom stereocenters. The second-order valence-electron chi connectivity index (χ2n) is 11.0. The molecule has 0 amide bonds. The van der Waals surface area contributed by atoms with Gasteiger partial charge in [0.05, 0.1) is 29.6 Å². The molecular weight excluding hydrogens is 444 g/mol. The number of aromatic nitrogens is 2. The van der Waals surface area contributed by atoms with E-state index in [9.17, 15) is 0 Å². The van der Waals surface area contributed by atoms with E-state index in [2.05, 4.69) is 93.1 Å². The topological polar surface area (TPSA) is 73.8 Å². The Bertz CT molecular complexity index is 1280. The van der Waals surface area contributed by atoms with Gasteiger partial charge in [0, 0.05) is 30.3 Å². The summed E-state index contributed by atoms with van der Waals surface area (Å²) < 4.78 is 5.22. The molecule has 1 aromatic carbocycles. The second-order valence-corrected chi connectivity index (χ2v) is 11.0. The highest BCUT2D eigenvalue weighted by molar-refractivity contribution is 5.73. The Morgan fingerprint density at radius 2 is 1.97 bits per heavy atom. The minimum Gasteiger partial charge on any atom is -0.502 e. The van der Waals surface area contributed by atoms with Gasteiger partial charge in [0.25, 0.3) is 0 Å². The maximum atomic E-state index is 7.75. The van der Waals surface area contributed by atoms with Gasteiger partial charge in [-0.2, -0.15) is 0 Å². The van der Waals surface area contributed by atoms with E-state index in [4.69, 9.17) is 15.1 Å². The summed E-state index contributed by atoms with van der Waals surface area (Å²) in [5.74, 6) is 2.88. The molecule has 5 heteroatoms. The number of ether oxygens (including phenoxy) is 1. The lowest BCUT2D eigenvalue weighted by Gasteiger charge is -2.27. The Morgan fingerprint density at radius 1 is 1.22 bits per heavy atom. The first-order valence-corrected chi connectivity index (χ1v) is 13.0. The van der Waals surface area contributed by atoms with E-state index in [-0.39, 0.29) is 17.4 Å². The molecule has 0 spiro atoms. The SMILES string of the molecule is C=C(CC(C)CCC(C)c1ccc(C2C=CC(c3nc4c([nH]3)=CC(C)(C)C(C=N)C=4)=CN2)cc1)OC. The minimum atomic E-state index is -0.0975. The van der Waals surface area contributed by atoms with Crippen LogP contribution in [0.3, 0.4) is 0 Å². The zero-order valence-corrected chi connectivity index (χ0v) is 22.3. The molecule has 4 atom stereocenters. The highest BCUT2D eigenvalue weighted by Gasteiger charge is 2.27. The lowest BCUT2D eigenvalue weighted by Crippen LogP contribution is -2.37. The number of hydrogen-bond donors (Lipinski definition) is 3. The maximum Gasteiger partial charge on any atom is 0.139 e. The first kappa shape index (κ1) is 25.7. The molecular formula is C31H40N4O. The zero-order valence-electron chi connectivity index (χ0n) is 22.3. The molecule has 4 rings (SSSR count). The molecule has 2 aliphatic rings. The van der Waals surface area contributed by atoms with Crippen molar-refractivity contribution in [2.45, 2.75) is 58.9 Å². The Balaban J connectivity index is 1.38. The van der Waals surface area contributed by atoms with Crippen LogP contribution in [0, 0.1) is 22.7 Å². The first-order chi connectivity index (χ1) is 17.2. The fraction of sp³-hybridized carbons (Fsp3) is 0.419. The molecule has 0 fully saturated rings. The monoisotopic (exact) mass is 484 g/mol. The van der Waals surface area contributed by atoms with E-state index in [1.54, 1.807) is 7.11 Å². The molecule has 1 aliphatic carbocycles. The van der Waals surface area contributed by atoms with Crippen molar-refractivity contribution >= 4 is 23.9 Å². The Kier molecular flexibility index (Phi) is 7.67. The largest absolute Gasteiger partial charge is 0.502 e. The van der Waals surface area contributed by atoms with Gasteiger partial charge in [0.2, 0.25) is 0 Å². The molecule has 0 saturated carbocycles. The number of benzene rings is 1. The van der Waals surface area contributed by atoms with Gasteiger partial charge in [-0.05, 0) is 47.3 Å². The molecule has 190 valence electrons. The van der Waals surface area contributed by atoms with Crippen LogP contribution in [0.4, 0.5) is 0 Å². The number of fused-ring (bicyclic) bond motifs is 1. The first-order valence-electron chi connectivity index (χ1n) is 13.0. The van der Waals surface area contributed by atoms with Crippen LogP contribution in [0.5, 0.6) is 0 Å². The average Bonchev–Trinajstić information content (AvgIpc) is 3.28. The maximum absolute atomic E-state index is 7.75. The van der Waals surface area contributed by atoms with Crippen LogP contribution >= 0.6 is 0 Å². The van der Waals surface area contributed by atoms with E-state index >= 15 is 0 Å². The van der Waals surface area contributed by atoms with Gasteiger partial charge in [0.15, 0.2) is 0 Å². The standard InChI is InChI=1S/C31H40N4O/c1-20(15-22(3)36-6)7-8-21(2)23-9-11-24(12-10-23)27-14-13-25(19-33-27)30-34-28-16-26(18-32)31(4,5)17-29(28)35-30/h9-14,16-21,26-27,32-33H,3,7-8,15H2,1-2,4-6H3,(H,34,35). The number of methoxy groups -OCH3 is 1. The van der Waals surface area contributed by atoms with Crippen molar-refractivity contribution in [3.63, 3.8) is 0 Å². The predicted molar refractivity (Wildman–Crippen MR) is 150 cm³/mol. The van der Waals surface area contributed by atoms with Crippen LogP contribution in [-0.4, -0.2) is 23.3 Å². The summed E-state index contributed by atoms with van der Waals surface area (Å²) >= 11 is 0. The number of H-pyrrole nitrogens is 1. The van der Waals surface area contributed by atoms with Crippen LogP contribution in [0.15, 0.2) is 55.0 Å². The van der Waals surface area contributed by atoms with Gasteiger partial charge in [-0.3, -0.25) is 0 Å². The summed E-state index contributed by atoms with van der Waals surface area (Å²) in [5.41, 5.74) is 3.56. The van der Waals surface area contributed by atoms with Crippen molar-refractivity contribution < 1.29 is 4.74 Å². The summed E-state index contributed by atoms with van der Waals surface area (Å²) in [4.78, 5) is 8.27. The molecule has 1 aliphatic heterocycles. The lowest BCUT2D eigenvalue weighted by molar-refractivity contribution is 0.260. The normalized spacial score (nSPS) is 21.6. The van der Waals surface area contributed by atoms with Crippen molar-refractivity contribution in [1.82, 2.24) is 15.3 Å². The van der Waals surface area contributed by atoms with E-state index in [1.807, 2.05) is 6.20 Å². The quantitative estimate of drug-likeness (QED) is 0.304. The van der Waals surface area contributed by atoms with Crippen molar-refractivity contribution in [2.24, 2.45) is 17.3 Å². The summed E-state index contributed by atoms with van der Waals surface area (Å²) in [7, 11) is 1.70. The van der Waals surface area contributed by atoms with E-state index in [1.165, 1.54) is 17.3 Å². The molecule has 0 bridgehead atoms. The Labute approximate surface area is 215 Å². The van der Waals surface area contributed by atoms with Crippen LogP contribution in [0.2, 0.25) is 0 Å². The third-order valence-electron chi connectivity index (χ3n) is 7.64. The number of dihydropyridines is 1. The number of nitrogens with zero attached hydrogens (tertiary/aromatic N) is 1. The van der Waals surface area contributed by atoms with Gasteiger partial charge in [0.1, 0.15) is 5.82 Å². The predicted octanol–water partition coefficient (Wildman–Crippen LogP) is 5.59. The molecule has 5 nitrogen and oxygen atoms in total. The van der Waals surface area contributed by atoms with Gasteiger partial charge in [-0.25, -0.2) is 4.98 Å². The fourth-order valence-electron chi connectivity index (χ4n) is 5.03. The molecule has 2 aromatic rings. The van der Waals surface area contributed by atoms with Gasteiger partial charge >= 0.3 is 0 Å². The van der Waals surface area contributed by atoms with Crippen LogP contribution in [-0.2, 0) is 4.74 Å². The zero-order chi connectivity index (χ0) is 25.9. The van der Waals surface area contributed by atoms with Crippen molar-refractivity contribution in [3.05, 3.63) is 82.6 Å². The smallest absolute Gasteiger partial charge is 0.139 e. The third-order valence-corrected chi connectivity index (χ3v) is 7.64. The molecule has 3 N–H and O–H groups in total. The lowest BCUT2D eigenvalue weighted by atomic mass is 9.77. The molecule has 2 heterocycles. The number of nitrogens with one attached hydrogen (secondary N) is 3. The summed E-state index contributed by atoms with van der Waals surface area (Å²) in [6.07, 6.45) is 15.4. The minimum absolute atomic E-state index is 0.0595. The summed E-state index contributed by atoms with van der Waals surface area (Å²) in [6.45, 7) is 12.8. The second kappa shape index (κ2) is 10.7. The fourth-order valence-corrected chi connectivity index (χ4v) is 5.03. The number of aromatic amines is 1. The summed E-state index contributed by atoms with van der Waals surface area (Å²) in [6, 6.07) is 9.14. The Morgan fingerprint density at radius 3 is 2.61 bits per heavy atom. The average molecular weight is 485 g/mol. The molecule has 0 saturated heterocycles. The van der Waals surface area contributed by atoms with Gasteiger partial charge in [-0.15, -0.1) is 0 Å². The number of rotatable bonds is 10. The van der Waals surface area contributed by atoms with Gasteiger partial charge in [-0.1, -0.05) is 76.8 Å². The van der Waals surface area contributed by atoms with E-state index < -0.39 is 0 Å². The molecule has 36 heavy (non-hydrogen) atoms. The van der Waals surface area contributed by atoms with Crippen molar-refractivity contribution in [1.29, 1.82) is 5.41 Å². The summed E-state index contributed by atoms with van der Waals surface area (Å²) in [5, 5.41) is 13.2. The number of allylic oxidation sites excluding steroid dienone is 3. The van der Waals surface area contributed by atoms with Crippen molar-refractivity contribution in [3.8, 4) is 0 Å².